The van der Waals surface area contributed by atoms with E-state index in [1.807, 2.05) is 36.4 Å². The average Bonchev–Trinajstić information content (AvgIpc) is 3.24. The molecule has 0 spiro atoms. The molecule has 1 amide bonds. The topological polar surface area (TPSA) is 64.4 Å². The van der Waals surface area contributed by atoms with E-state index in [1.165, 1.54) is 12.1 Å². The Hall–Kier alpha value is -2.77. The van der Waals surface area contributed by atoms with Crippen LogP contribution in [0.15, 0.2) is 75.6 Å². The van der Waals surface area contributed by atoms with Crippen LogP contribution in [-0.2, 0) is 4.79 Å². The normalized spacial score (nSPS) is 11.2. The third-order valence-corrected chi connectivity index (χ3v) is 6.81. The molecular formula is C25H14BrCl3N2O3. The largest absolute Gasteiger partial charge is 0.482 e. The number of halogens is 4. The van der Waals surface area contributed by atoms with Crippen LogP contribution < -0.4 is 10.1 Å². The van der Waals surface area contributed by atoms with Crippen molar-refractivity contribution in [3.05, 3.63) is 86.3 Å². The van der Waals surface area contributed by atoms with Crippen LogP contribution in [0.5, 0.6) is 5.75 Å². The lowest BCUT2D eigenvalue weighted by Crippen LogP contribution is -2.20. The van der Waals surface area contributed by atoms with Gasteiger partial charge in [0, 0.05) is 21.8 Å². The maximum atomic E-state index is 12.4. The third kappa shape index (κ3) is 4.59. The van der Waals surface area contributed by atoms with Crippen molar-refractivity contribution in [3.63, 3.8) is 0 Å². The van der Waals surface area contributed by atoms with Gasteiger partial charge in [0.25, 0.3) is 5.91 Å². The Balaban J connectivity index is 1.35. The summed E-state index contributed by atoms with van der Waals surface area (Å²) in [7, 11) is 0. The zero-order chi connectivity index (χ0) is 23.8. The van der Waals surface area contributed by atoms with Crippen LogP contribution in [-0.4, -0.2) is 17.5 Å². The Morgan fingerprint density at radius 3 is 2.56 bits per heavy atom. The van der Waals surface area contributed by atoms with Crippen molar-refractivity contribution in [2.75, 3.05) is 11.9 Å². The molecule has 1 aromatic heterocycles. The lowest BCUT2D eigenvalue weighted by atomic mass is 10.0. The summed E-state index contributed by atoms with van der Waals surface area (Å²) in [5, 5.41) is 5.73. The smallest absolute Gasteiger partial charge is 0.262 e. The van der Waals surface area contributed by atoms with Gasteiger partial charge >= 0.3 is 0 Å². The van der Waals surface area contributed by atoms with Crippen molar-refractivity contribution < 1.29 is 13.9 Å². The number of amides is 1. The third-order valence-electron chi connectivity index (χ3n) is 5.10. The number of rotatable bonds is 5. The van der Waals surface area contributed by atoms with Gasteiger partial charge < -0.3 is 14.5 Å². The fraction of sp³-hybridized carbons (Fsp3) is 0.0400. The molecule has 1 heterocycles. The van der Waals surface area contributed by atoms with Crippen molar-refractivity contribution in [2.24, 2.45) is 0 Å². The second-order valence-electron chi connectivity index (χ2n) is 7.38. The number of anilines is 1. The minimum absolute atomic E-state index is 0.259. The molecular weight excluding hydrogens is 563 g/mol. The van der Waals surface area contributed by atoms with Crippen LogP contribution in [0, 0.1) is 0 Å². The summed E-state index contributed by atoms with van der Waals surface area (Å²) >= 11 is 21.6. The molecule has 1 N–H and O–H groups in total. The van der Waals surface area contributed by atoms with Crippen molar-refractivity contribution in [1.82, 2.24) is 4.98 Å². The van der Waals surface area contributed by atoms with E-state index in [4.69, 9.17) is 44.0 Å². The van der Waals surface area contributed by atoms with Crippen LogP contribution in [0.25, 0.3) is 33.3 Å². The molecule has 0 bridgehead atoms. The number of nitrogens with zero attached hydrogens (tertiary/aromatic N) is 1. The molecule has 0 saturated heterocycles. The predicted octanol–water partition coefficient (Wildman–Crippen LogP) is 8.39. The molecule has 5 rings (SSSR count). The first-order valence-electron chi connectivity index (χ1n) is 10.0. The number of benzene rings is 4. The van der Waals surface area contributed by atoms with E-state index in [0.29, 0.717) is 27.7 Å². The molecule has 170 valence electrons. The standard InChI is InChI=1S/C25H14BrCl3N2O3/c26-17-6-2-3-14-15(17)4-1-5-16(14)25-31-21-9-13(7-8-22(21)34-25)30-24(32)12-33-23-11-19(28)18(27)10-20(23)29/h1-11H,12H2,(H,30,32). The number of oxazole rings is 1. The Labute approximate surface area is 217 Å². The fourth-order valence-corrected chi connectivity index (χ4v) is 4.62. The second kappa shape index (κ2) is 9.47. The van der Waals surface area contributed by atoms with E-state index in [1.54, 1.807) is 18.2 Å². The molecule has 34 heavy (non-hydrogen) atoms. The van der Waals surface area contributed by atoms with Gasteiger partial charge in [0.15, 0.2) is 12.2 Å². The molecule has 4 aromatic carbocycles. The molecule has 0 radical (unpaired) electrons. The summed E-state index contributed by atoms with van der Waals surface area (Å²) in [6.07, 6.45) is 0. The van der Waals surface area contributed by atoms with Crippen molar-refractivity contribution in [3.8, 4) is 17.2 Å². The van der Waals surface area contributed by atoms with E-state index in [-0.39, 0.29) is 28.3 Å². The van der Waals surface area contributed by atoms with Gasteiger partial charge in [-0.3, -0.25) is 4.79 Å². The highest BCUT2D eigenvalue weighted by atomic mass is 79.9. The molecule has 0 aliphatic carbocycles. The lowest BCUT2D eigenvalue weighted by Gasteiger charge is -2.09. The molecule has 0 aliphatic heterocycles. The van der Waals surface area contributed by atoms with Crippen molar-refractivity contribution in [2.45, 2.75) is 0 Å². The fourth-order valence-electron chi connectivity index (χ4n) is 3.53. The Morgan fingerprint density at radius 2 is 1.71 bits per heavy atom. The molecule has 5 nitrogen and oxygen atoms in total. The average molecular weight is 577 g/mol. The van der Waals surface area contributed by atoms with Crippen LogP contribution in [0.3, 0.4) is 0 Å². The van der Waals surface area contributed by atoms with Gasteiger partial charge in [-0.05, 0) is 47.2 Å². The zero-order valence-electron chi connectivity index (χ0n) is 17.2. The summed E-state index contributed by atoms with van der Waals surface area (Å²) in [4.78, 5) is 17.0. The molecule has 0 fully saturated rings. The van der Waals surface area contributed by atoms with Crippen molar-refractivity contribution >= 4 is 84.2 Å². The first-order valence-corrected chi connectivity index (χ1v) is 12.0. The van der Waals surface area contributed by atoms with Crippen LogP contribution in [0.1, 0.15) is 0 Å². The first kappa shape index (κ1) is 23.0. The number of hydrogen-bond acceptors (Lipinski definition) is 4. The summed E-state index contributed by atoms with van der Waals surface area (Å²) in [5.74, 6) is 0.397. The number of carbonyl (C=O) groups is 1. The highest BCUT2D eigenvalue weighted by molar-refractivity contribution is 9.10. The van der Waals surface area contributed by atoms with Gasteiger partial charge in [0.05, 0.1) is 15.1 Å². The number of nitrogens with one attached hydrogen (secondary N) is 1. The molecule has 0 aliphatic rings. The Bertz CT molecular complexity index is 1570. The van der Waals surface area contributed by atoms with Gasteiger partial charge in [-0.2, -0.15) is 0 Å². The van der Waals surface area contributed by atoms with E-state index in [9.17, 15) is 4.79 Å². The van der Waals surface area contributed by atoms with E-state index >= 15 is 0 Å². The van der Waals surface area contributed by atoms with E-state index < -0.39 is 0 Å². The molecule has 0 unspecified atom stereocenters. The number of hydrogen-bond donors (Lipinski definition) is 1. The van der Waals surface area contributed by atoms with Crippen LogP contribution in [0.2, 0.25) is 15.1 Å². The lowest BCUT2D eigenvalue weighted by molar-refractivity contribution is -0.118. The number of ether oxygens (including phenoxy) is 1. The quantitative estimate of drug-likeness (QED) is 0.214. The maximum Gasteiger partial charge on any atom is 0.262 e. The monoisotopic (exact) mass is 574 g/mol. The first-order chi connectivity index (χ1) is 16.4. The molecule has 5 aromatic rings. The number of carbonyl (C=O) groups excluding carboxylic acids is 1. The second-order valence-corrected chi connectivity index (χ2v) is 9.45. The molecule has 0 saturated carbocycles. The summed E-state index contributed by atoms with van der Waals surface area (Å²) in [5.41, 5.74) is 2.67. The van der Waals surface area contributed by atoms with Gasteiger partial charge in [0.2, 0.25) is 5.89 Å². The Kier molecular flexibility index (Phi) is 6.40. The predicted molar refractivity (Wildman–Crippen MR) is 140 cm³/mol. The van der Waals surface area contributed by atoms with Gasteiger partial charge in [-0.15, -0.1) is 0 Å². The van der Waals surface area contributed by atoms with Gasteiger partial charge in [-0.25, -0.2) is 4.98 Å². The Morgan fingerprint density at radius 1 is 0.941 bits per heavy atom. The zero-order valence-corrected chi connectivity index (χ0v) is 21.1. The highest BCUT2D eigenvalue weighted by Crippen LogP contribution is 2.35. The SMILES string of the molecule is O=C(COc1cc(Cl)c(Cl)cc1Cl)Nc1ccc2oc(-c3cccc4c(Br)cccc34)nc2c1. The molecule has 0 atom stereocenters. The van der Waals surface area contributed by atoms with E-state index in [2.05, 4.69) is 26.2 Å². The van der Waals surface area contributed by atoms with Crippen molar-refractivity contribution in [1.29, 1.82) is 0 Å². The maximum absolute atomic E-state index is 12.4. The van der Waals surface area contributed by atoms with E-state index in [0.717, 1.165) is 20.8 Å². The minimum Gasteiger partial charge on any atom is -0.482 e. The summed E-state index contributed by atoms with van der Waals surface area (Å²) in [6, 6.07) is 20.1. The van der Waals surface area contributed by atoms with Crippen LogP contribution >= 0.6 is 50.7 Å². The summed E-state index contributed by atoms with van der Waals surface area (Å²) < 4.78 is 12.5. The highest BCUT2D eigenvalue weighted by Gasteiger charge is 2.14. The molecule has 9 heteroatoms. The minimum atomic E-state index is -0.371. The van der Waals surface area contributed by atoms with Gasteiger partial charge in [0.1, 0.15) is 11.3 Å². The van der Waals surface area contributed by atoms with Crippen LogP contribution in [0.4, 0.5) is 5.69 Å². The number of fused-ring (bicyclic) bond motifs is 2. The number of aromatic nitrogens is 1. The van der Waals surface area contributed by atoms with Gasteiger partial charge in [-0.1, -0.05) is 75.0 Å². The summed E-state index contributed by atoms with van der Waals surface area (Å²) in [6.45, 7) is -0.259.